The van der Waals surface area contributed by atoms with Gasteiger partial charge in [0, 0.05) is 13.1 Å². The first-order chi connectivity index (χ1) is 7.38. The highest BCUT2D eigenvalue weighted by Gasteiger charge is 2.11. The van der Waals surface area contributed by atoms with Crippen molar-refractivity contribution in [3.8, 4) is 0 Å². The Bertz CT molecular complexity index is 213. The number of unbranched alkanes of at least 4 members (excludes halogenated alkanes) is 2. The Morgan fingerprint density at radius 1 is 1.20 bits per heavy atom. The minimum Gasteiger partial charge on any atom is -0.479 e. The number of hydrogen-bond acceptors (Lipinski definition) is 2. The van der Waals surface area contributed by atoms with Gasteiger partial charge in [0.2, 0.25) is 6.61 Å². The molecule has 1 heterocycles. The summed E-state index contributed by atoms with van der Waals surface area (Å²) in [7, 11) is 0. The van der Waals surface area contributed by atoms with E-state index in [1.54, 1.807) is 6.26 Å². The van der Waals surface area contributed by atoms with Gasteiger partial charge in [0.1, 0.15) is 0 Å². The fraction of sp³-hybridized carbons (Fsp3) is 0.615. The van der Waals surface area contributed by atoms with Crippen molar-refractivity contribution in [2.45, 2.75) is 39.5 Å². The van der Waals surface area contributed by atoms with Gasteiger partial charge in [-0.25, -0.2) is 0 Å². The molecule has 0 saturated carbocycles. The average Bonchev–Trinajstić information content (AvgIpc) is 2.30. The number of ether oxygens (including phenoxy) is 1. The maximum Gasteiger partial charge on any atom is 0.246 e. The highest BCUT2D eigenvalue weighted by atomic mass is 16.5. The summed E-state index contributed by atoms with van der Waals surface area (Å²) in [6.45, 7) is 9.58. The van der Waals surface area contributed by atoms with Gasteiger partial charge >= 0.3 is 0 Å². The standard InChI is InChI=1S/C13H21NO/c1-3-5-9-14(10-6-4-2)13-8-7-11-15-12-13/h7-8,11H,3-6,9-10H2,1-2H3. The highest BCUT2D eigenvalue weighted by Crippen LogP contribution is 2.15. The molecule has 0 aromatic heterocycles. The predicted octanol–water partition coefficient (Wildman–Crippen LogP) is 3.36. The van der Waals surface area contributed by atoms with E-state index in [9.17, 15) is 0 Å². The molecule has 1 aliphatic heterocycles. The van der Waals surface area contributed by atoms with Gasteiger partial charge in [0.05, 0.1) is 12.0 Å². The van der Waals surface area contributed by atoms with Gasteiger partial charge in [0.25, 0.3) is 0 Å². The van der Waals surface area contributed by atoms with Gasteiger partial charge < -0.3 is 9.64 Å². The number of hydrogen-bond donors (Lipinski definition) is 0. The molecule has 0 aromatic carbocycles. The summed E-state index contributed by atoms with van der Waals surface area (Å²) >= 11 is 0. The first-order valence-corrected chi connectivity index (χ1v) is 5.92. The molecule has 0 spiro atoms. The summed E-state index contributed by atoms with van der Waals surface area (Å²) in [6.07, 6.45) is 10.6. The van der Waals surface area contributed by atoms with E-state index < -0.39 is 0 Å². The van der Waals surface area contributed by atoms with Crippen molar-refractivity contribution in [1.82, 2.24) is 4.90 Å². The smallest absolute Gasteiger partial charge is 0.246 e. The van der Waals surface area contributed by atoms with Crippen LogP contribution in [0.5, 0.6) is 0 Å². The van der Waals surface area contributed by atoms with Crippen LogP contribution in [-0.2, 0) is 4.74 Å². The number of nitrogens with zero attached hydrogens (tertiary/aromatic N) is 1. The molecule has 1 aliphatic rings. The van der Waals surface area contributed by atoms with E-state index in [0.717, 1.165) is 18.8 Å². The van der Waals surface area contributed by atoms with E-state index in [-0.39, 0.29) is 0 Å². The van der Waals surface area contributed by atoms with Crippen molar-refractivity contribution < 1.29 is 4.74 Å². The highest BCUT2D eigenvalue weighted by molar-refractivity contribution is 5.19. The molecule has 2 nitrogen and oxygen atoms in total. The third-order valence-electron chi connectivity index (χ3n) is 2.47. The van der Waals surface area contributed by atoms with Crippen LogP contribution in [0, 0.1) is 6.61 Å². The molecule has 1 rings (SSSR count). The van der Waals surface area contributed by atoms with Crippen molar-refractivity contribution in [2.24, 2.45) is 0 Å². The Hall–Kier alpha value is -0.920. The fourth-order valence-corrected chi connectivity index (χ4v) is 1.52. The summed E-state index contributed by atoms with van der Waals surface area (Å²) < 4.78 is 5.08. The van der Waals surface area contributed by atoms with Gasteiger partial charge in [-0.15, -0.1) is 0 Å². The van der Waals surface area contributed by atoms with Crippen molar-refractivity contribution in [3.05, 3.63) is 30.7 Å². The van der Waals surface area contributed by atoms with E-state index in [1.165, 1.54) is 25.7 Å². The SMILES string of the molecule is CCCCN(CCCC)C1=CC=CO[C]1. The van der Waals surface area contributed by atoms with E-state index in [4.69, 9.17) is 4.74 Å². The van der Waals surface area contributed by atoms with E-state index >= 15 is 0 Å². The fourth-order valence-electron chi connectivity index (χ4n) is 1.52. The Kier molecular flexibility index (Phi) is 5.98. The molecule has 0 saturated heterocycles. The molecule has 2 heteroatoms. The van der Waals surface area contributed by atoms with Crippen LogP contribution in [0.1, 0.15) is 39.5 Å². The lowest BCUT2D eigenvalue weighted by atomic mass is 10.2. The lowest BCUT2D eigenvalue weighted by Gasteiger charge is -2.27. The molecule has 15 heavy (non-hydrogen) atoms. The zero-order chi connectivity index (χ0) is 10.9. The Labute approximate surface area is 93.6 Å². The summed E-state index contributed by atoms with van der Waals surface area (Å²) in [4.78, 5) is 2.36. The van der Waals surface area contributed by atoms with Crippen LogP contribution < -0.4 is 0 Å². The van der Waals surface area contributed by atoms with Crippen LogP contribution in [0.2, 0.25) is 0 Å². The largest absolute Gasteiger partial charge is 0.479 e. The molecule has 0 fully saturated rings. The van der Waals surface area contributed by atoms with Crippen molar-refractivity contribution in [2.75, 3.05) is 13.1 Å². The van der Waals surface area contributed by atoms with Gasteiger partial charge in [-0.2, -0.15) is 0 Å². The second kappa shape index (κ2) is 7.38. The molecular weight excluding hydrogens is 186 g/mol. The lowest BCUT2D eigenvalue weighted by molar-refractivity contribution is 0.268. The Balaban J connectivity index is 2.45. The first kappa shape index (κ1) is 12.2. The van der Waals surface area contributed by atoms with Gasteiger partial charge in [-0.1, -0.05) is 26.7 Å². The molecule has 0 unspecified atom stereocenters. The molecular formula is C13H21NO. The van der Waals surface area contributed by atoms with Crippen LogP contribution in [0.25, 0.3) is 0 Å². The number of allylic oxidation sites excluding steroid dienone is 2. The normalized spacial score (nSPS) is 14.7. The van der Waals surface area contributed by atoms with E-state index in [1.807, 2.05) is 6.08 Å². The van der Waals surface area contributed by atoms with Gasteiger partial charge in [-0.3, -0.25) is 0 Å². The quantitative estimate of drug-likeness (QED) is 0.634. The third-order valence-corrected chi connectivity index (χ3v) is 2.47. The molecule has 84 valence electrons. The summed E-state index contributed by atoms with van der Waals surface area (Å²) in [5, 5.41) is 0. The molecule has 0 aromatic rings. The van der Waals surface area contributed by atoms with Gasteiger partial charge in [0.15, 0.2) is 0 Å². The Morgan fingerprint density at radius 3 is 2.33 bits per heavy atom. The van der Waals surface area contributed by atoms with Crippen LogP contribution in [0.3, 0.4) is 0 Å². The summed E-state index contributed by atoms with van der Waals surface area (Å²) in [6, 6.07) is 0. The van der Waals surface area contributed by atoms with Crippen LogP contribution >= 0.6 is 0 Å². The van der Waals surface area contributed by atoms with E-state index in [0.29, 0.717) is 0 Å². The second-order valence-corrected chi connectivity index (χ2v) is 3.79. The molecule has 0 atom stereocenters. The minimum absolute atomic E-state index is 1.08. The zero-order valence-electron chi connectivity index (χ0n) is 9.83. The minimum atomic E-state index is 1.08. The van der Waals surface area contributed by atoms with Crippen molar-refractivity contribution >= 4 is 0 Å². The third kappa shape index (κ3) is 4.41. The zero-order valence-corrected chi connectivity index (χ0v) is 9.83. The maximum absolute atomic E-state index is 5.08. The molecule has 0 amide bonds. The first-order valence-electron chi connectivity index (χ1n) is 5.92. The van der Waals surface area contributed by atoms with Crippen LogP contribution in [0.15, 0.2) is 24.1 Å². The summed E-state index contributed by atoms with van der Waals surface area (Å²) in [5.41, 5.74) is 1.08. The van der Waals surface area contributed by atoms with Crippen LogP contribution in [0.4, 0.5) is 0 Å². The van der Waals surface area contributed by atoms with Crippen molar-refractivity contribution in [1.29, 1.82) is 0 Å². The summed E-state index contributed by atoms with van der Waals surface area (Å²) in [5.74, 6) is 0. The topological polar surface area (TPSA) is 12.5 Å². The monoisotopic (exact) mass is 207 g/mol. The second-order valence-electron chi connectivity index (χ2n) is 3.79. The van der Waals surface area contributed by atoms with Crippen LogP contribution in [-0.4, -0.2) is 18.0 Å². The predicted molar refractivity (Wildman–Crippen MR) is 62.9 cm³/mol. The van der Waals surface area contributed by atoms with Gasteiger partial charge in [-0.05, 0) is 25.0 Å². The lowest BCUT2D eigenvalue weighted by Crippen LogP contribution is -2.26. The number of rotatable bonds is 7. The molecule has 0 bridgehead atoms. The molecule has 2 radical (unpaired) electrons. The van der Waals surface area contributed by atoms with E-state index in [2.05, 4.69) is 31.4 Å². The average molecular weight is 207 g/mol. The Morgan fingerprint density at radius 2 is 1.87 bits per heavy atom. The van der Waals surface area contributed by atoms with Crippen molar-refractivity contribution in [3.63, 3.8) is 0 Å². The molecule has 0 N–H and O–H groups in total. The maximum atomic E-state index is 5.08. The molecule has 0 aliphatic carbocycles.